The van der Waals surface area contributed by atoms with E-state index in [1.807, 2.05) is 31.2 Å². The van der Waals surface area contributed by atoms with Crippen molar-refractivity contribution in [2.24, 2.45) is 9.98 Å². The molecule has 7 nitrogen and oxygen atoms in total. The van der Waals surface area contributed by atoms with Crippen LogP contribution in [0.5, 0.6) is 11.6 Å². The first-order valence-corrected chi connectivity index (χ1v) is 10.0. The van der Waals surface area contributed by atoms with E-state index in [-0.39, 0.29) is 5.88 Å². The Hall–Kier alpha value is -3.04. The molecule has 3 aromatic rings. The number of hydrogen-bond donors (Lipinski definition) is 1. The van der Waals surface area contributed by atoms with E-state index in [1.54, 1.807) is 24.0 Å². The zero-order valence-electron chi connectivity index (χ0n) is 15.3. The summed E-state index contributed by atoms with van der Waals surface area (Å²) in [7, 11) is 1.63. The highest BCUT2D eigenvalue weighted by Gasteiger charge is 2.17. The molecule has 1 aromatic carbocycles. The van der Waals surface area contributed by atoms with Crippen LogP contribution in [0.4, 0.5) is 10.8 Å². The molecule has 28 heavy (non-hydrogen) atoms. The van der Waals surface area contributed by atoms with Gasteiger partial charge in [-0.1, -0.05) is 28.7 Å². The molecule has 0 amide bonds. The van der Waals surface area contributed by atoms with E-state index in [4.69, 9.17) is 4.74 Å². The standard InChI is InChI=1S/C19H17N5O2S2/c1-4-7-24-17(25)16(28-19(24)21-18-23-22-11(2)27-18)8-12-10-20-15-6-5-13(26-3)9-14(12)15/h4-6,8-10,25H,1,7H2,2-3H3/b12-8+,21-19-. The largest absolute Gasteiger partial charge is 0.497 e. The molecule has 0 fully saturated rings. The Morgan fingerprint density at radius 3 is 2.89 bits per heavy atom. The van der Waals surface area contributed by atoms with Crippen molar-refractivity contribution in [3.63, 3.8) is 0 Å². The smallest absolute Gasteiger partial charge is 0.234 e. The van der Waals surface area contributed by atoms with Gasteiger partial charge >= 0.3 is 0 Å². The van der Waals surface area contributed by atoms with Gasteiger partial charge in [-0.2, -0.15) is 4.99 Å². The zero-order valence-corrected chi connectivity index (χ0v) is 16.9. The van der Waals surface area contributed by atoms with Crippen molar-refractivity contribution in [2.45, 2.75) is 13.5 Å². The first-order valence-electron chi connectivity index (χ1n) is 8.41. The van der Waals surface area contributed by atoms with Gasteiger partial charge in [-0.3, -0.25) is 9.56 Å². The minimum absolute atomic E-state index is 0.127. The van der Waals surface area contributed by atoms with Crippen molar-refractivity contribution >= 4 is 51.4 Å². The number of allylic oxidation sites excluding steroid dienone is 2. The van der Waals surface area contributed by atoms with Gasteiger partial charge in [-0.05, 0) is 31.2 Å². The average molecular weight is 412 g/mol. The minimum Gasteiger partial charge on any atom is -0.497 e. The molecule has 0 spiro atoms. The van der Waals surface area contributed by atoms with Crippen molar-refractivity contribution in [2.75, 3.05) is 7.11 Å². The van der Waals surface area contributed by atoms with Crippen molar-refractivity contribution in [3.8, 4) is 11.6 Å². The summed E-state index contributed by atoms with van der Waals surface area (Å²) in [4.78, 5) is 10.3. The maximum atomic E-state index is 10.8. The van der Waals surface area contributed by atoms with Crippen LogP contribution in [0.2, 0.25) is 0 Å². The van der Waals surface area contributed by atoms with E-state index in [1.165, 1.54) is 22.7 Å². The van der Waals surface area contributed by atoms with Gasteiger partial charge in [0.2, 0.25) is 11.0 Å². The fraction of sp³-hybridized carbons (Fsp3) is 0.158. The summed E-state index contributed by atoms with van der Waals surface area (Å²) >= 11 is 2.77. The topological polar surface area (TPSA) is 84.9 Å². The molecule has 2 aromatic heterocycles. The number of ether oxygens (including phenoxy) is 1. The van der Waals surface area contributed by atoms with Gasteiger partial charge in [0.05, 0.1) is 17.7 Å². The van der Waals surface area contributed by atoms with Gasteiger partial charge in [-0.25, -0.2) is 0 Å². The van der Waals surface area contributed by atoms with Crippen molar-refractivity contribution in [1.29, 1.82) is 0 Å². The minimum atomic E-state index is 0.127. The molecule has 9 heteroatoms. The Morgan fingerprint density at radius 1 is 1.32 bits per heavy atom. The molecule has 142 valence electrons. The average Bonchev–Trinajstić information content (AvgIpc) is 3.36. The lowest BCUT2D eigenvalue weighted by atomic mass is 10.1. The number of thiazole rings is 1. The van der Waals surface area contributed by atoms with Crippen molar-refractivity contribution < 1.29 is 9.84 Å². The number of aliphatic imine (C=N–C) groups is 1. The molecule has 1 aliphatic heterocycles. The van der Waals surface area contributed by atoms with Gasteiger partial charge in [-0.15, -0.1) is 16.8 Å². The van der Waals surface area contributed by atoms with Gasteiger partial charge in [0.25, 0.3) is 0 Å². The Balaban J connectivity index is 1.81. The van der Waals surface area contributed by atoms with Gasteiger partial charge in [0.1, 0.15) is 10.8 Å². The number of fused-ring (bicyclic) bond motifs is 1. The predicted octanol–water partition coefficient (Wildman–Crippen LogP) is 4.10. The second kappa shape index (κ2) is 7.53. The lowest BCUT2D eigenvalue weighted by Gasteiger charge is -2.04. The van der Waals surface area contributed by atoms with E-state index < -0.39 is 0 Å². The fourth-order valence-electron chi connectivity index (χ4n) is 2.76. The Bertz CT molecular complexity index is 1180. The van der Waals surface area contributed by atoms with Gasteiger partial charge in [0, 0.05) is 23.9 Å². The highest BCUT2D eigenvalue weighted by molar-refractivity contribution is 7.15. The molecule has 4 rings (SSSR count). The van der Waals surface area contributed by atoms with E-state index in [0.29, 0.717) is 21.4 Å². The summed E-state index contributed by atoms with van der Waals surface area (Å²) < 4.78 is 7.01. The lowest BCUT2D eigenvalue weighted by Crippen LogP contribution is -2.12. The summed E-state index contributed by atoms with van der Waals surface area (Å²) in [6, 6.07) is 5.73. The maximum Gasteiger partial charge on any atom is 0.234 e. The third kappa shape index (κ3) is 3.41. The molecule has 1 aliphatic rings. The molecule has 1 N–H and O–H groups in total. The van der Waals surface area contributed by atoms with E-state index in [2.05, 4.69) is 26.8 Å². The molecule has 3 heterocycles. The van der Waals surface area contributed by atoms with Crippen LogP contribution >= 0.6 is 22.7 Å². The fourth-order valence-corrected chi connectivity index (χ4v) is 4.36. The molecule has 0 saturated heterocycles. The second-order valence-corrected chi connectivity index (χ2v) is 8.10. The first kappa shape index (κ1) is 18.3. The Kier molecular flexibility index (Phi) is 4.93. The van der Waals surface area contributed by atoms with Crippen LogP contribution < -0.4 is 9.54 Å². The second-order valence-electron chi connectivity index (χ2n) is 5.93. The summed E-state index contributed by atoms with van der Waals surface area (Å²) in [5, 5.41) is 20.2. The van der Waals surface area contributed by atoms with Crippen LogP contribution in [0.15, 0.2) is 40.8 Å². The van der Waals surface area contributed by atoms with Crippen LogP contribution in [0.1, 0.15) is 15.4 Å². The number of benzene rings is 1. The van der Waals surface area contributed by atoms with E-state index in [9.17, 15) is 5.11 Å². The molecule has 0 saturated carbocycles. The molecule has 0 radical (unpaired) electrons. The number of aryl methyl sites for hydroxylation is 1. The highest BCUT2D eigenvalue weighted by atomic mass is 32.1. The first-order chi connectivity index (χ1) is 13.6. The Labute approximate surface area is 169 Å². The molecule has 0 aliphatic carbocycles. The molecular weight excluding hydrogens is 394 g/mol. The Morgan fingerprint density at radius 2 is 2.18 bits per heavy atom. The van der Waals surface area contributed by atoms with Crippen LogP contribution in [0, 0.1) is 6.92 Å². The van der Waals surface area contributed by atoms with Crippen LogP contribution in [0.25, 0.3) is 11.6 Å². The number of methoxy groups -OCH3 is 1. The normalized spacial score (nSPS) is 14.6. The summed E-state index contributed by atoms with van der Waals surface area (Å²) in [6.07, 6.45) is 5.40. The number of aromatic nitrogens is 3. The third-order valence-corrected chi connectivity index (χ3v) is 5.82. The van der Waals surface area contributed by atoms with Crippen LogP contribution in [-0.4, -0.2) is 33.2 Å². The number of hydrogen-bond acceptors (Lipinski definition) is 8. The molecular formula is C19H17N5O2S2. The van der Waals surface area contributed by atoms with Crippen LogP contribution in [-0.2, 0) is 6.54 Å². The monoisotopic (exact) mass is 411 g/mol. The summed E-state index contributed by atoms with van der Waals surface area (Å²) in [6.45, 7) is 6.07. The SMILES string of the molecule is C=CCn1c(O)c(/C=C2\C=Nc3ccc(OC)cc32)s/c1=N\c1nnc(C)s1. The molecule has 0 bridgehead atoms. The molecule has 0 atom stereocenters. The van der Waals surface area contributed by atoms with E-state index in [0.717, 1.165) is 27.6 Å². The highest BCUT2D eigenvalue weighted by Crippen LogP contribution is 2.36. The number of aromatic hydroxyl groups is 1. The number of nitrogens with zero attached hydrogens (tertiary/aromatic N) is 5. The quantitative estimate of drug-likeness (QED) is 0.641. The van der Waals surface area contributed by atoms with E-state index >= 15 is 0 Å². The van der Waals surface area contributed by atoms with Gasteiger partial charge in [0.15, 0.2) is 4.80 Å². The molecule has 0 unspecified atom stereocenters. The third-order valence-electron chi connectivity index (χ3n) is 4.07. The van der Waals surface area contributed by atoms with Crippen molar-refractivity contribution in [1.82, 2.24) is 14.8 Å². The van der Waals surface area contributed by atoms with Gasteiger partial charge < -0.3 is 9.84 Å². The zero-order chi connectivity index (χ0) is 19.7. The van der Waals surface area contributed by atoms with Crippen LogP contribution in [0.3, 0.4) is 0 Å². The lowest BCUT2D eigenvalue weighted by molar-refractivity contribution is 0.415. The summed E-state index contributed by atoms with van der Waals surface area (Å²) in [5.74, 6) is 0.886. The van der Waals surface area contributed by atoms with Crippen molar-refractivity contribution in [3.05, 3.63) is 51.1 Å². The number of rotatable bonds is 5. The maximum absolute atomic E-state index is 10.8. The summed E-state index contributed by atoms with van der Waals surface area (Å²) in [5.41, 5.74) is 2.73. The predicted molar refractivity (Wildman–Crippen MR) is 113 cm³/mol.